The van der Waals surface area contributed by atoms with Crippen molar-refractivity contribution in [3.63, 3.8) is 0 Å². The molecule has 1 atom stereocenters. The second-order valence-electron chi connectivity index (χ2n) is 5.40. The van der Waals surface area contributed by atoms with Crippen LogP contribution in [0.2, 0.25) is 15.1 Å². The minimum Gasteiger partial charge on any atom is -0.370 e. The van der Waals surface area contributed by atoms with Crippen LogP contribution < -0.4 is 11.5 Å². The summed E-state index contributed by atoms with van der Waals surface area (Å²) in [5, 5.41) is 1.32. The van der Waals surface area contributed by atoms with E-state index in [4.69, 9.17) is 46.3 Å². The van der Waals surface area contributed by atoms with Crippen LogP contribution in [0.25, 0.3) is 0 Å². The normalized spacial score (nSPS) is 13.4. The number of halogens is 3. The lowest BCUT2D eigenvalue weighted by Crippen LogP contribution is -2.27. The summed E-state index contributed by atoms with van der Waals surface area (Å²) in [5.41, 5.74) is 11.7. The van der Waals surface area contributed by atoms with Crippen molar-refractivity contribution in [3.05, 3.63) is 32.8 Å². The van der Waals surface area contributed by atoms with Crippen molar-refractivity contribution in [3.8, 4) is 0 Å². The molecule has 106 valence electrons. The van der Waals surface area contributed by atoms with Gasteiger partial charge in [-0.25, -0.2) is 0 Å². The maximum atomic E-state index is 11.0. The lowest BCUT2D eigenvalue weighted by atomic mass is 9.81. The number of carbonyl (C=O) groups excluding carboxylic acids is 1. The minimum absolute atomic E-state index is 0.253. The average Bonchev–Trinajstić information content (AvgIpc) is 2.10. The Kier molecular flexibility index (Phi) is 5.51. The Balaban J connectivity index is 2.95. The molecule has 1 unspecified atom stereocenters. The van der Waals surface area contributed by atoms with E-state index in [2.05, 4.69) is 0 Å². The molecular formula is C13H17Cl3N2O. The van der Waals surface area contributed by atoms with E-state index in [1.165, 1.54) is 0 Å². The summed E-state index contributed by atoms with van der Waals surface area (Å²) < 4.78 is 0. The molecular weight excluding hydrogens is 307 g/mol. The number of primary amides is 1. The van der Waals surface area contributed by atoms with Gasteiger partial charge in [-0.1, -0.05) is 48.7 Å². The molecule has 0 saturated carbocycles. The SMILES string of the molecule is CC(C)(CC(N)=O)CC(N)c1c(Cl)cc(Cl)cc1Cl. The van der Waals surface area contributed by atoms with Crippen LogP contribution >= 0.6 is 34.8 Å². The maximum Gasteiger partial charge on any atom is 0.217 e. The molecule has 1 aromatic carbocycles. The third kappa shape index (κ3) is 4.84. The highest BCUT2D eigenvalue weighted by molar-refractivity contribution is 6.39. The molecule has 0 aliphatic carbocycles. The largest absolute Gasteiger partial charge is 0.370 e. The molecule has 0 aliphatic rings. The van der Waals surface area contributed by atoms with E-state index in [1.807, 2.05) is 13.8 Å². The molecule has 19 heavy (non-hydrogen) atoms. The monoisotopic (exact) mass is 322 g/mol. The number of amides is 1. The molecule has 0 heterocycles. The number of rotatable bonds is 5. The topological polar surface area (TPSA) is 69.1 Å². The summed E-state index contributed by atoms with van der Waals surface area (Å²) in [6.07, 6.45) is 0.792. The van der Waals surface area contributed by atoms with Gasteiger partial charge in [-0.05, 0) is 24.0 Å². The lowest BCUT2D eigenvalue weighted by Gasteiger charge is -2.27. The van der Waals surface area contributed by atoms with E-state index >= 15 is 0 Å². The predicted octanol–water partition coefficient (Wildman–Crippen LogP) is 3.94. The fourth-order valence-electron chi connectivity index (χ4n) is 2.15. The van der Waals surface area contributed by atoms with Gasteiger partial charge in [-0.2, -0.15) is 0 Å². The van der Waals surface area contributed by atoms with Crippen molar-refractivity contribution in [2.24, 2.45) is 16.9 Å². The molecule has 0 aliphatic heterocycles. The third-order valence-corrected chi connectivity index (χ3v) is 3.68. The second-order valence-corrected chi connectivity index (χ2v) is 6.65. The van der Waals surface area contributed by atoms with Crippen LogP contribution in [0.15, 0.2) is 12.1 Å². The number of benzene rings is 1. The van der Waals surface area contributed by atoms with Gasteiger partial charge in [0.15, 0.2) is 0 Å². The van der Waals surface area contributed by atoms with Gasteiger partial charge >= 0.3 is 0 Å². The Morgan fingerprint density at radius 3 is 2.16 bits per heavy atom. The van der Waals surface area contributed by atoms with E-state index in [-0.39, 0.29) is 23.8 Å². The van der Waals surface area contributed by atoms with E-state index in [0.717, 1.165) is 0 Å². The fourth-order valence-corrected chi connectivity index (χ4v) is 3.25. The van der Waals surface area contributed by atoms with Gasteiger partial charge in [-0.15, -0.1) is 0 Å². The molecule has 3 nitrogen and oxygen atoms in total. The zero-order valence-corrected chi connectivity index (χ0v) is 13.1. The van der Waals surface area contributed by atoms with Crippen molar-refractivity contribution in [1.82, 2.24) is 0 Å². The lowest BCUT2D eigenvalue weighted by molar-refractivity contribution is -0.120. The van der Waals surface area contributed by atoms with Gasteiger partial charge in [0.2, 0.25) is 5.91 Å². The number of carbonyl (C=O) groups is 1. The predicted molar refractivity (Wildman–Crippen MR) is 80.6 cm³/mol. The Hall–Kier alpha value is -0.480. The fraction of sp³-hybridized carbons (Fsp3) is 0.462. The van der Waals surface area contributed by atoms with Crippen molar-refractivity contribution in [1.29, 1.82) is 0 Å². The quantitative estimate of drug-likeness (QED) is 0.861. The van der Waals surface area contributed by atoms with E-state index in [0.29, 0.717) is 27.1 Å². The Labute approximate surface area is 128 Å². The molecule has 0 spiro atoms. The first-order valence-corrected chi connectivity index (χ1v) is 6.94. The number of nitrogens with two attached hydrogens (primary N) is 2. The number of hydrogen-bond donors (Lipinski definition) is 2. The molecule has 6 heteroatoms. The van der Waals surface area contributed by atoms with Crippen molar-refractivity contribution >= 4 is 40.7 Å². The summed E-state index contributed by atoms with van der Waals surface area (Å²) in [6, 6.07) is 2.82. The highest BCUT2D eigenvalue weighted by Crippen LogP contribution is 2.38. The summed E-state index contributed by atoms with van der Waals surface area (Å²) in [5.74, 6) is -0.356. The zero-order valence-electron chi connectivity index (χ0n) is 10.8. The van der Waals surface area contributed by atoms with Gasteiger partial charge < -0.3 is 11.5 Å². The van der Waals surface area contributed by atoms with Crippen LogP contribution in [0.3, 0.4) is 0 Å². The van der Waals surface area contributed by atoms with Crippen LogP contribution in [0, 0.1) is 5.41 Å². The third-order valence-electron chi connectivity index (χ3n) is 2.84. The molecule has 0 saturated heterocycles. The van der Waals surface area contributed by atoms with Gasteiger partial charge in [0, 0.05) is 33.1 Å². The van der Waals surface area contributed by atoms with Gasteiger partial charge in [0.05, 0.1) is 0 Å². The highest BCUT2D eigenvalue weighted by atomic mass is 35.5. The van der Waals surface area contributed by atoms with Gasteiger partial charge in [0.1, 0.15) is 0 Å². The Morgan fingerprint density at radius 1 is 1.26 bits per heavy atom. The van der Waals surface area contributed by atoms with E-state index in [1.54, 1.807) is 12.1 Å². The number of hydrogen-bond acceptors (Lipinski definition) is 2. The summed E-state index contributed by atoms with van der Waals surface area (Å²) in [7, 11) is 0. The summed E-state index contributed by atoms with van der Waals surface area (Å²) in [6.45, 7) is 3.85. The van der Waals surface area contributed by atoms with Gasteiger partial charge in [-0.3, -0.25) is 4.79 Å². The zero-order chi connectivity index (χ0) is 14.8. The highest BCUT2D eigenvalue weighted by Gasteiger charge is 2.26. The molecule has 1 rings (SSSR count). The Morgan fingerprint density at radius 2 is 1.74 bits per heavy atom. The van der Waals surface area contributed by atoms with E-state index in [9.17, 15) is 4.79 Å². The molecule has 0 fully saturated rings. The first-order chi connectivity index (χ1) is 8.62. The molecule has 4 N–H and O–H groups in total. The first kappa shape index (κ1) is 16.6. The van der Waals surface area contributed by atoms with Crippen molar-refractivity contribution in [2.75, 3.05) is 0 Å². The van der Waals surface area contributed by atoms with Crippen LogP contribution in [-0.4, -0.2) is 5.91 Å². The van der Waals surface area contributed by atoms with Crippen LogP contribution in [0.4, 0.5) is 0 Å². The van der Waals surface area contributed by atoms with Crippen molar-refractivity contribution < 1.29 is 4.79 Å². The van der Waals surface area contributed by atoms with Crippen LogP contribution in [-0.2, 0) is 4.79 Å². The molecule has 1 aromatic rings. The van der Waals surface area contributed by atoms with E-state index < -0.39 is 0 Å². The van der Waals surface area contributed by atoms with Crippen LogP contribution in [0.1, 0.15) is 38.3 Å². The molecule has 0 aromatic heterocycles. The molecule has 0 bridgehead atoms. The van der Waals surface area contributed by atoms with Crippen molar-refractivity contribution in [2.45, 2.75) is 32.7 Å². The maximum absolute atomic E-state index is 11.0. The second kappa shape index (κ2) is 6.31. The smallest absolute Gasteiger partial charge is 0.217 e. The summed E-state index contributed by atoms with van der Waals surface area (Å²) >= 11 is 18.1. The van der Waals surface area contributed by atoms with Gasteiger partial charge in [0.25, 0.3) is 0 Å². The summed E-state index contributed by atoms with van der Waals surface area (Å²) in [4.78, 5) is 11.0. The molecule has 1 amide bonds. The van der Waals surface area contributed by atoms with Crippen LogP contribution in [0.5, 0.6) is 0 Å². The molecule has 0 radical (unpaired) electrons. The Bertz CT molecular complexity index is 466. The standard InChI is InChI=1S/C13H17Cl3N2O/c1-13(2,6-11(18)19)5-10(17)12-8(15)3-7(14)4-9(12)16/h3-4,10H,5-6,17H2,1-2H3,(H2,18,19). The average molecular weight is 324 g/mol. The first-order valence-electron chi connectivity index (χ1n) is 5.81. The minimum atomic E-state index is -0.383.